The first kappa shape index (κ1) is 12.7. The highest BCUT2D eigenvalue weighted by molar-refractivity contribution is 8.01. The lowest BCUT2D eigenvalue weighted by atomic mass is 10.0. The SMILES string of the molecule is [C-]#[N+][C@@H]1CSC2(CCCN(C(=O)C(C)C)C2)N1. The predicted octanol–water partition coefficient (Wildman–Crippen LogP) is 1.54. The van der Waals surface area contributed by atoms with Gasteiger partial charge >= 0.3 is 0 Å². The topological polar surface area (TPSA) is 36.7 Å². The van der Waals surface area contributed by atoms with E-state index in [9.17, 15) is 4.79 Å². The molecular weight excluding hydrogens is 234 g/mol. The maximum Gasteiger partial charge on any atom is 0.287 e. The Bertz CT molecular complexity index is 352. The molecule has 2 atom stereocenters. The molecule has 5 heteroatoms. The number of carbonyl (C=O) groups excluding carboxylic acids is 1. The average molecular weight is 253 g/mol. The molecule has 1 N–H and O–H groups in total. The first-order chi connectivity index (χ1) is 8.06. The highest BCUT2D eigenvalue weighted by Gasteiger charge is 2.45. The van der Waals surface area contributed by atoms with Crippen molar-refractivity contribution in [1.29, 1.82) is 0 Å². The summed E-state index contributed by atoms with van der Waals surface area (Å²) in [5, 5.41) is 3.39. The van der Waals surface area contributed by atoms with Crippen LogP contribution in [0.5, 0.6) is 0 Å². The van der Waals surface area contributed by atoms with Crippen molar-refractivity contribution in [2.75, 3.05) is 18.8 Å². The maximum atomic E-state index is 12.0. The van der Waals surface area contributed by atoms with E-state index in [1.807, 2.05) is 30.5 Å². The van der Waals surface area contributed by atoms with E-state index in [0.717, 1.165) is 31.7 Å². The van der Waals surface area contributed by atoms with Crippen LogP contribution in [0.1, 0.15) is 26.7 Å². The van der Waals surface area contributed by atoms with Crippen LogP contribution in [-0.4, -0.2) is 40.7 Å². The van der Waals surface area contributed by atoms with Gasteiger partial charge in [0.05, 0.1) is 10.6 Å². The largest absolute Gasteiger partial charge is 0.340 e. The van der Waals surface area contributed by atoms with Crippen LogP contribution in [0.2, 0.25) is 0 Å². The van der Waals surface area contributed by atoms with Gasteiger partial charge in [0.1, 0.15) is 0 Å². The minimum atomic E-state index is -0.0749. The van der Waals surface area contributed by atoms with Crippen LogP contribution in [0.3, 0.4) is 0 Å². The van der Waals surface area contributed by atoms with E-state index in [1.54, 1.807) is 0 Å². The number of nitrogens with one attached hydrogen (secondary N) is 1. The summed E-state index contributed by atoms with van der Waals surface area (Å²) in [7, 11) is 0. The number of thioether (sulfide) groups is 1. The van der Waals surface area contributed by atoms with E-state index in [1.165, 1.54) is 0 Å². The van der Waals surface area contributed by atoms with Crippen molar-refractivity contribution in [2.24, 2.45) is 5.92 Å². The zero-order valence-electron chi connectivity index (χ0n) is 10.4. The maximum absolute atomic E-state index is 12.0. The third kappa shape index (κ3) is 2.58. The lowest BCUT2D eigenvalue weighted by Gasteiger charge is -2.40. The fourth-order valence-electron chi connectivity index (χ4n) is 2.51. The van der Waals surface area contributed by atoms with Gasteiger partial charge < -0.3 is 4.90 Å². The molecule has 2 fully saturated rings. The van der Waals surface area contributed by atoms with Gasteiger partial charge in [-0.15, -0.1) is 11.8 Å². The van der Waals surface area contributed by atoms with Gasteiger partial charge in [-0.3, -0.25) is 9.64 Å². The van der Waals surface area contributed by atoms with Crippen molar-refractivity contribution in [3.05, 3.63) is 11.4 Å². The third-order valence-corrected chi connectivity index (χ3v) is 4.85. The van der Waals surface area contributed by atoms with Gasteiger partial charge in [0.15, 0.2) is 0 Å². The fourth-order valence-corrected chi connectivity index (χ4v) is 3.90. The first-order valence-corrected chi connectivity index (χ1v) is 7.12. The highest BCUT2D eigenvalue weighted by atomic mass is 32.2. The van der Waals surface area contributed by atoms with Crippen LogP contribution in [0.15, 0.2) is 0 Å². The van der Waals surface area contributed by atoms with Crippen LogP contribution in [0.4, 0.5) is 0 Å². The third-order valence-electron chi connectivity index (χ3n) is 3.36. The van der Waals surface area contributed by atoms with Gasteiger partial charge in [-0.1, -0.05) is 13.8 Å². The quantitative estimate of drug-likeness (QED) is 0.720. The van der Waals surface area contributed by atoms with Crippen LogP contribution >= 0.6 is 11.8 Å². The Morgan fingerprint density at radius 1 is 1.65 bits per heavy atom. The van der Waals surface area contributed by atoms with Gasteiger partial charge in [0.2, 0.25) is 5.91 Å². The molecule has 0 aromatic heterocycles. The number of likely N-dealkylation sites (tertiary alicyclic amines) is 1. The van der Waals surface area contributed by atoms with E-state index < -0.39 is 0 Å². The Hall–Kier alpha value is -0.730. The average Bonchev–Trinajstić information content (AvgIpc) is 2.71. The van der Waals surface area contributed by atoms with Crippen LogP contribution in [-0.2, 0) is 4.79 Å². The molecule has 1 unspecified atom stereocenters. The molecule has 0 saturated carbocycles. The van der Waals surface area contributed by atoms with Crippen LogP contribution < -0.4 is 5.32 Å². The molecule has 2 saturated heterocycles. The highest BCUT2D eigenvalue weighted by Crippen LogP contribution is 2.38. The Morgan fingerprint density at radius 2 is 2.41 bits per heavy atom. The molecule has 4 nitrogen and oxygen atoms in total. The van der Waals surface area contributed by atoms with Gasteiger partial charge in [-0.05, 0) is 12.8 Å². The van der Waals surface area contributed by atoms with Crippen molar-refractivity contribution in [3.8, 4) is 0 Å². The second-order valence-electron chi connectivity index (χ2n) is 5.11. The number of piperidine rings is 1. The molecule has 2 rings (SSSR count). The molecule has 0 aliphatic carbocycles. The summed E-state index contributed by atoms with van der Waals surface area (Å²) in [6.07, 6.45) is 2.02. The molecule has 1 spiro atoms. The molecule has 94 valence electrons. The molecule has 1 amide bonds. The van der Waals surface area contributed by atoms with Crippen molar-refractivity contribution >= 4 is 17.7 Å². The number of rotatable bonds is 1. The predicted molar refractivity (Wildman–Crippen MR) is 69.4 cm³/mol. The molecule has 2 aliphatic heterocycles. The summed E-state index contributed by atoms with van der Waals surface area (Å²) in [5.74, 6) is 1.14. The van der Waals surface area contributed by atoms with E-state index in [0.29, 0.717) is 0 Å². The van der Waals surface area contributed by atoms with Gasteiger partial charge in [-0.2, -0.15) is 0 Å². The fraction of sp³-hybridized carbons (Fsp3) is 0.833. The molecule has 2 heterocycles. The van der Waals surface area contributed by atoms with Crippen molar-refractivity contribution in [2.45, 2.75) is 37.7 Å². The van der Waals surface area contributed by atoms with Crippen molar-refractivity contribution < 1.29 is 4.79 Å². The minimum Gasteiger partial charge on any atom is -0.340 e. The summed E-state index contributed by atoms with van der Waals surface area (Å²) in [6, 6.07) is 0. The van der Waals surface area contributed by atoms with Crippen LogP contribution in [0, 0.1) is 12.5 Å². The number of carbonyl (C=O) groups is 1. The van der Waals surface area contributed by atoms with Gasteiger partial charge in [0, 0.05) is 19.0 Å². The Morgan fingerprint density at radius 3 is 3.00 bits per heavy atom. The number of amides is 1. The van der Waals surface area contributed by atoms with Crippen LogP contribution in [0.25, 0.3) is 4.85 Å². The number of hydrogen-bond donors (Lipinski definition) is 1. The summed E-state index contributed by atoms with van der Waals surface area (Å²) >= 11 is 1.81. The smallest absolute Gasteiger partial charge is 0.287 e. The monoisotopic (exact) mass is 253 g/mol. The van der Waals surface area contributed by atoms with E-state index in [2.05, 4.69) is 10.2 Å². The Kier molecular flexibility index (Phi) is 3.64. The minimum absolute atomic E-state index is 0.0575. The normalized spacial score (nSPS) is 33.1. The van der Waals surface area contributed by atoms with Gasteiger partial charge in [-0.25, -0.2) is 11.9 Å². The zero-order chi connectivity index (χ0) is 12.5. The number of hydrogen-bond acceptors (Lipinski definition) is 3. The van der Waals surface area contributed by atoms with Crippen molar-refractivity contribution in [1.82, 2.24) is 10.2 Å². The molecule has 0 radical (unpaired) electrons. The van der Waals surface area contributed by atoms with E-state index in [4.69, 9.17) is 6.57 Å². The van der Waals surface area contributed by atoms with Gasteiger partial charge in [0.25, 0.3) is 6.17 Å². The molecule has 0 bridgehead atoms. The Labute approximate surface area is 107 Å². The summed E-state index contributed by atoms with van der Waals surface area (Å²) in [6.45, 7) is 12.6. The summed E-state index contributed by atoms with van der Waals surface area (Å²) < 4.78 is 0. The Balaban J connectivity index is 2.03. The molecule has 0 aromatic carbocycles. The standard InChI is InChI=1S/C12H19N3OS/c1-9(2)11(16)15-6-4-5-12(8-15)14-10(13-3)7-17-12/h9-10,14H,4-8H2,1-2H3/t10-,12?/m0/s1. The molecule has 0 aromatic rings. The molecule has 17 heavy (non-hydrogen) atoms. The molecular formula is C12H19N3OS. The second kappa shape index (κ2) is 4.87. The van der Waals surface area contributed by atoms with E-state index >= 15 is 0 Å². The van der Waals surface area contributed by atoms with Crippen molar-refractivity contribution in [3.63, 3.8) is 0 Å². The second-order valence-corrected chi connectivity index (χ2v) is 6.52. The zero-order valence-corrected chi connectivity index (χ0v) is 11.2. The lowest BCUT2D eigenvalue weighted by Crippen LogP contribution is -2.55. The first-order valence-electron chi connectivity index (χ1n) is 6.13. The lowest BCUT2D eigenvalue weighted by molar-refractivity contribution is -0.136. The molecule has 2 aliphatic rings. The summed E-state index contributed by atoms with van der Waals surface area (Å²) in [5.41, 5.74) is 0. The number of nitrogens with zero attached hydrogens (tertiary/aromatic N) is 2. The van der Waals surface area contributed by atoms with E-state index in [-0.39, 0.29) is 22.9 Å². The summed E-state index contributed by atoms with van der Waals surface area (Å²) in [4.78, 5) is 17.5.